The second-order valence-electron chi connectivity index (χ2n) is 3.71. The second-order valence-corrected chi connectivity index (χ2v) is 5.90. The number of carboxylic acids is 1. The minimum absolute atomic E-state index is 0.205. The van der Waals surface area contributed by atoms with E-state index in [4.69, 9.17) is 5.11 Å². The molecule has 0 aliphatic heterocycles. The van der Waals surface area contributed by atoms with Crippen molar-refractivity contribution >= 4 is 51.4 Å². The van der Waals surface area contributed by atoms with Crippen LogP contribution in [0.4, 0.5) is 8.78 Å². The van der Waals surface area contributed by atoms with Gasteiger partial charge in [0.2, 0.25) is 0 Å². The minimum atomic E-state index is -2.51. The van der Waals surface area contributed by atoms with Crippen molar-refractivity contribution < 1.29 is 18.7 Å². The van der Waals surface area contributed by atoms with Gasteiger partial charge in [0, 0.05) is 3.57 Å². The number of hydrogen-bond donors (Lipinski definition) is 1. The normalized spacial score (nSPS) is 11.4. The Balaban J connectivity index is 2.44. The summed E-state index contributed by atoms with van der Waals surface area (Å²) in [4.78, 5) is 14.8. The Bertz CT molecular complexity index is 618. The van der Waals surface area contributed by atoms with Crippen molar-refractivity contribution in [3.63, 3.8) is 0 Å². The predicted octanol–water partition coefficient (Wildman–Crippen LogP) is 3.08. The number of aliphatic carboxylic acids is 1. The Morgan fingerprint density at radius 3 is 2.89 bits per heavy atom. The molecule has 0 saturated heterocycles. The van der Waals surface area contributed by atoms with Crippen molar-refractivity contribution in [3.8, 4) is 0 Å². The predicted molar refractivity (Wildman–Crippen MR) is 76.8 cm³/mol. The van der Waals surface area contributed by atoms with Crippen molar-refractivity contribution in [2.24, 2.45) is 0 Å². The van der Waals surface area contributed by atoms with Crippen molar-refractivity contribution in [1.29, 1.82) is 0 Å². The molecule has 0 spiro atoms. The Labute approximate surface area is 125 Å². The maximum absolute atomic E-state index is 12.6. The highest BCUT2D eigenvalue weighted by atomic mass is 127. The molecule has 4 nitrogen and oxygen atoms in total. The van der Waals surface area contributed by atoms with Crippen LogP contribution in [0.25, 0.3) is 11.0 Å². The molecule has 0 aliphatic carbocycles. The van der Waals surface area contributed by atoms with Gasteiger partial charge in [-0.05, 0) is 40.8 Å². The summed E-state index contributed by atoms with van der Waals surface area (Å²) in [5.74, 6) is -1.21. The van der Waals surface area contributed by atoms with Gasteiger partial charge in [0.25, 0.3) is 6.43 Å². The van der Waals surface area contributed by atoms with Gasteiger partial charge < -0.3 is 9.67 Å². The molecule has 0 saturated carbocycles. The van der Waals surface area contributed by atoms with Crippen molar-refractivity contribution in [1.82, 2.24) is 9.55 Å². The van der Waals surface area contributed by atoms with Gasteiger partial charge in [-0.25, -0.2) is 13.8 Å². The number of alkyl halides is 2. The van der Waals surface area contributed by atoms with Gasteiger partial charge >= 0.3 is 5.97 Å². The van der Waals surface area contributed by atoms with Gasteiger partial charge in [0.05, 0.1) is 23.3 Å². The lowest BCUT2D eigenvalue weighted by Gasteiger charge is -2.07. The number of rotatable bonds is 5. The number of carbonyl (C=O) groups is 1. The summed E-state index contributed by atoms with van der Waals surface area (Å²) in [6.45, 7) is -0.487. The maximum atomic E-state index is 12.6. The molecule has 1 aromatic carbocycles. The average molecular weight is 398 g/mol. The van der Waals surface area contributed by atoms with Crippen LogP contribution in [0.1, 0.15) is 0 Å². The van der Waals surface area contributed by atoms with Crippen LogP contribution in [-0.4, -0.2) is 32.8 Å². The number of nitrogens with zero attached hydrogens (tertiary/aromatic N) is 2. The zero-order valence-corrected chi connectivity index (χ0v) is 12.5. The third kappa shape index (κ3) is 3.56. The first-order valence-corrected chi connectivity index (χ1v) is 7.32. The molecule has 0 fully saturated rings. The molecular formula is C11H9F2IN2O2S. The number of imidazole rings is 1. The van der Waals surface area contributed by atoms with Crippen LogP contribution in [0.15, 0.2) is 23.4 Å². The number of thioether (sulfide) groups is 1. The summed E-state index contributed by atoms with van der Waals surface area (Å²) in [5, 5.41) is 8.96. The quantitative estimate of drug-likeness (QED) is 0.622. The number of fused-ring (bicyclic) bond motifs is 1. The highest BCUT2D eigenvalue weighted by Gasteiger charge is 2.16. The molecule has 8 heteroatoms. The summed E-state index contributed by atoms with van der Waals surface area (Å²) in [6.07, 6.45) is -2.51. The first-order chi connectivity index (χ1) is 8.97. The van der Waals surface area contributed by atoms with Gasteiger partial charge in [-0.15, -0.1) is 0 Å². The summed E-state index contributed by atoms with van der Waals surface area (Å²) in [5.41, 5.74) is 1.19. The smallest absolute Gasteiger partial charge is 0.313 e. The molecule has 0 radical (unpaired) electrons. The van der Waals surface area contributed by atoms with Gasteiger partial charge in [-0.2, -0.15) is 0 Å². The van der Waals surface area contributed by atoms with Crippen LogP contribution in [0.2, 0.25) is 0 Å². The molecule has 0 aliphatic rings. The van der Waals surface area contributed by atoms with E-state index >= 15 is 0 Å². The van der Waals surface area contributed by atoms with Gasteiger partial charge in [-0.3, -0.25) is 4.79 Å². The van der Waals surface area contributed by atoms with E-state index in [1.165, 1.54) is 4.57 Å². The minimum Gasteiger partial charge on any atom is -0.481 e. The number of carboxylic acid groups (broad SMARTS) is 1. The van der Waals surface area contributed by atoms with E-state index in [1.807, 2.05) is 0 Å². The van der Waals surface area contributed by atoms with Gasteiger partial charge in [0.15, 0.2) is 5.16 Å². The largest absolute Gasteiger partial charge is 0.481 e. The van der Waals surface area contributed by atoms with E-state index in [9.17, 15) is 13.6 Å². The monoisotopic (exact) mass is 398 g/mol. The molecule has 1 heterocycles. The van der Waals surface area contributed by atoms with Crippen LogP contribution in [0.5, 0.6) is 0 Å². The number of benzene rings is 1. The van der Waals surface area contributed by atoms with Crippen LogP contribution < -0.4 is 0 Å². The second kappa shape index (κ2) is 6.04. The maximum Gasteiger partial charge on any atom is 0.313 e. The third-order valence-electron chi connectivity index (χ3n) is 2.32. The fourth-order valence-corrected chi connectivity index (χ4v) is 2.85. The zero-order valence-electron chi connectivity index (χ0n) is 9.52. The van der Waals surface area contributed by atoms with Gasteiger partial charge in [-0.1, -0.05) is 11.8 Å². The van der Waals surface area contributed by atoms with E-state index < -0.39 is 18.9 Å². The van der Waals surface area contributed by atoms with Crippen molar-refractivity contribution in [2.75, 3.05) is 5.75 Å². The van der Waals surface area contributed by atoms with Crippen LogP contribution in [0, 0.1) is 3.57 Å². The highest BCUT2D eigenvalue weighted by molar-refractivity contribution is 14.1. The average Bonchev–Trinajstić information content (AvgIpc) is 2.63. The Morgan fingerprint density at radius 1 is 1.53 bits per heavy atom. The molecule has 2 aromatic rings. The van der Waals surface area contributed by atoms with Crippen LogP contribution in [-0.2, 0) is 11.3 Å². The molecule has 102 valence electrons. The molecule has 2 rings (SSSR count). The fraction of sp³-hybridized carbons (Fsp3) is 0.273. The van der Waals surface area contributed by atoms with Gasteiger partial charge in [0.1, 0.15) is 0 Å². The molecule has 0 amide bonds. The molecule has 1 aromatic heterocycles. The lowest BCUT2D eigenvalue weighted by molar-refractivity contribution is -0.133. The lowest BCUT2D eigenvalue weighted by atomic mass is 10.3. The standard InChI is InChI=1S/C11H9F2IN2O2S/c12-9(13)4-16-8-2-1-6(14)3-7(8)15-11(16)19-5-10(17)18/h1-3,9H,4-5H2,(H,17,18). The molecule has 0 unspecified atom stereocenters. The fourth-order valence-electron chi connectivity index (χ4n) is 1.63. The summed E-state index contributed by atoms with van der Waals surface area (Å²) in [7, 11) is 0. The Kier molecular flexibility index (Phi) is 4.61. The first-order valence-electron chi connectivity index (χ1n) is 5.26. The topological polar surface area (TPSA) is 55.1 Å². The highest BCUT2D eigenvalue weighted by Crippen LogP contribution is 2.26. The summed E-state index contributed by atoms with van der Waals surface area (Å²) < 4.78 is 27.5. The zero-order chi connectivity index (χ0) is 14.0. The Morgan fingerprint density at radius 2 is 2.26 bits per heavy atom. The SMILES string of the molecule is O=C(O)CSc1nc2cc(I)ccc2n1CC(F)F. The van der Waals surface area contributed by atoms with E-state index in [0.29, 0.717) is 16.2 Å². The van der Waals surface area contributed by atoms with Crippen LogP contribution in [0.3, 0.4) is 0 Å². The van der Waals surface area contributed by atoms with E-state index in [2.05, 4.69) is 27.6 Å². The van der Waals surface area contributed by atoms with E-state index in [1.54, 1.807) is 18.2 Å². The molecule has 0 bridgehead atoms. The van der Waals surface area contributed by atoms with E-state index in [-0.39, 0.29) is 5.75 Å². The first kappa shape index (κ1) is 14.5. The molecule has 0 atom stereocenters. The molecule has 19 heavy (non-hydrogen) atoms. The lowest BCUT2D eigenvalue weighted by Crippen LogP contribution is -2.09. The molecule has 1 N–H and O–H groups in total. The third-order valence-corrected chi connectivity index (χ3v) is 3.95. The number of aromatic nitrogens is 2. The number of hydrogen-bond acceptors (Lipinski definition) is 3. The summed E-state index contributed by atoms with van der Waals surface area (Å²) >= 11 is 3.05. The van der Waals surface area contributed by atoms with Crippen molar-refractivity contribution in [2.45, 2.75) is 18.1 Å². The van der Waals surface area contributed by atoms with E-state index in [0.717, 1.165) is 15.3 Å². The molecular weight excluding hydrogens is 389 g/mol. The summed E-state index contributed by atoms with van der Waals surface area (Å²) in [6, 6.07) is 5.30. The Hall–Kier alpha value is -0.900. The van der Waals surface area contributed by atoms with Crippen LogP contribution >= 0.6 is 34.4 Å². The van der Waals surface area contributed by atoms with Crippen molar-refractivity contribution in [3.05, 3.63) is 21.8 Å². The number of halogens is 3.